The number of rotatable bonds is 6. The van der Waals surface area contributed by atoms with Crippen molar-refractivity contribution in [3.63, 3.8) is 0 Å². The van der Waals surface area contributed by atoms with Gasteiger partial charge >= 0.3 is 0 Å². The lowest BCUT2D eigenvalue weighted by Gasteiger charge is -2.22. The molecular weight excluding hydrogens is 414 g/mol. The molecule has 156 valence electrons. The van der Waals surface area contributed by atoms with Gasteiger partial charge in [-0.2, -0.15) is 0 Å². The first-order chi connectivity index (χ1) is 14.5. The molecule has 1 amide bonds. The van der Waals surface area contributed by atoms with E-state index < -0.39 is 5.82 Å². The van der Waals surface area contributed by atoms with E-state index in [9.17, 15) is 13.6 Å². The zero-order chi connectivity index (χ0) is 21.1. The predicted octanol–water partition coefficient (Wildman–Crippen LogP) is 4.94. The highest BCUT2D eigenvalue weighted by atomic mass is 35.5. The summed E-state index contributed by atoms with van der Waals surface area (Å²) in [4.78, 5) is 18.7. The van der Waals surface area contributed by atoms with E-state index in [4.69, 9.17) is 20.8 Å². The van der Waals surface area contributed by atoms with Gasteiger partial charge < -0.3 is 14.1 Å². The zero-order valence-corrected chi connectivity index (χ0v) is 16.7. The van der Waals surface area contributed by atoms with Crippen LogP contribution in [0.5, 0.6) is 5.75 Å². The Balaban J connectivity index is 1.40. The van der Waals surface area contributed by atoms with Crippen molar-refractivity contribution in [1.82, 2.24) is 9.88 Å². The fourth-order valence-electron chi connectivity index (χ4n) is 3.52. The molecule has 0 saturated carbocycles. The van der Waals surface area contributed by atoms with Crippen molar-refractivity contribution in [2.24, 2.45) is 0 Å². The number of benzene rings is 2. The number of hydrogen-bond acceptors (Lipinski definition) is 4. The number of aromatic nitrogens is 1. The largest absolute Gasteiger partial charge is 0.484 e. The first-order valence-electron chi connectivity index (χ1n) is 9.56. The van der Waals surface area contributed by atoms with E-state index in [2.05, 4.69) is 4.98 Å². The highest BCUT2D eigenvalue weighted by Gasteiger charge is 2.33. The van der Waals surface area contributed by atoms with Gasteiger partial charge in [0, 0.05) is 19.0 Å². The van der Waals surface area contributed by atoms with Crippen molar-refractivity contribution in [2.45, 2.75) is 25.3 Å². The summed E-state index contributed by atoms with van der Waals surface area (Å²) in [6.45, 7) is 0.369. The predicted molar refractivity (Wildman–Crippen MR) is 106 cm³/mol. The van der Waals surface area contributed by atoms with Crippen LogP contribution in [0, 0.1) is 11.6 Å². The molecule has 2 heterocycles. The quantitative estimate of drug-likeness (QED) is 0.553. The lowest BCUT2D eigenvalue weighted by atomic mass is 10.1. The van der Waals surface area contributed by atoms with Gasteiger partial charge in [-0.3, -0.25) is 4.79 Å². The van der Waals surface area contributed by atoms with Gasteiger partial charge in [0.15, 0.2) is 6.61 Å². The van der Waals surface area contributed by atoms with Crippen LogP contribution in [-0.2, 0) is 11.2 Å². The average Bonchev–Trinajstić information content (AvgIpc) is 3.38. The van der Waals surface area contributed by atoms with E-state index in [0.29, 0.717) is 30.4 Å². The molecule has 5 nitrogen and oxygen atoms in total. The molecule has 1 atom stereocenters. The van der Waals surface area contributed by atoms with Crippen LogP contribution in [0.3, 0.4) is 0 Å². The Kier molecular flexibility index (Phi) is 5.99. The van der Waals surface area contributed by atoms with E-state index in [1.807, 2.05) is 6.07 Å². The maximum atomic E-state index is 13.4. The Bertz CT molecular complexity index is 1060. The molecular formula is C22H19ClF2N2O3. The summed E-state index contributed by atoms with van der Waals surface area (Å²) >= 11 is 5.74. The molecule has 3 aromatic rings. The van der Waals surface area contributed by atoms with E-state index >= 15 is 0 Å². The number of likely N-dealkylation sites (tertiary alicyclic amines) is 1. The minimum absolute atomic E-state index is 0.0652. The zero-order valence-electron chi connectivity index (χ0n) is 16.0. The molecule has 1 aromatic heterocycles. The van der Waals surface area contributed by atoms with Crippen molar-refractivity contribution in [2.75, 3.05) is 13.2 Å². The molecule has 4 rings (SSSR count). The van der Waals surface area contributed by atoms with Gasteiger partial charge in [0.1, 0.15) is 29.2 Å². The summed E-state index contributed by atoms with van der Waals surface area (Å²) in [6.07, 6.45) is 3.58. The lowest BCUT2D eigenvalue weighted by Crippen LogP contribution is -2.34. The summed E-state index contributed by atoms with van der Waals surface area (Å²) < 4.78 is 37.9. The van der Waals surface area contributed by atoms with E-state index in [-0.39, 0.29) is 29.4 Å². The maximum absolute atomic E-state index is 13.4. The minimum atomic E-state index is -0.548. The highest BCUT2D eigenvalue weighted by Crippen LogP contribution is 2.32. The summed E-state index contributed by atoms with van der Waals surface area (Å²) in [5, 5.41) is -0.0652. The van der Waals surface area contributed by atoms with Gasteiger partial charge in [-0.15, -0.1) is 0 Å². The molecule has 0 aliphatic carbocycles. The van der Waals surface area contributed by atoms with Crippen LogP contribution in [0.2, 0.25) is 5.02 Å². The van der Waals surface area contributed by atoms with E-state index in [1.165, 1.54) is 30.3 Å². The van der Waals surface area contributed by atoms with Crippen molar-refractivity contribution in [3.05, 3.63) is 82.5 Å². The number of hydrogen-bond donors (Lipinski definition) is 0. The Labute approximate surface area is 177 Å². The molecule has 1 fully saturated rings. The van der Waals surface area contributed by atoms with E-state index in [0.717, 1.165) is 18.4 Å². The third-order valence-electron chi connectivity index (χ3n) is 4.95. The van der Waals surface area contributed by atoms with Crippen molar-refractivity contribution < 1.29 is 22.7 Å². The Hall–Kier alpha value is -2.93. The number of nitrogens with zero attached hydrogens (tertiary/aromatic N) is 2. The third kappa shape index (κ3) is 4.62. The van der Waals surface area contributed by atoms with Crippen molar-refractivity contribution >= 4 is 17.5 Å². The number of ether oxygens (including phenoxy) is 1. The number of amides is 1. The monoisotopic (exact) mass is 432 g/mol. The Morgan fingerprint density at radius 2 is 2.13 bits per heavy atom. The van der Waals surface area contributed by atoms with Crippen molar-refractivity contribution in [3.8, 4) is 5.75 Å². The Morgan fingerprint density at radius 3 is 2.93 bits per heavy atom. The topological polar surface area (TPSA) is 55.6 Å². The standard InChI is InChI=1S/C22H19ClF2N2O3/c23-18-11-16(6-7-19(18)25)29-13-21(28)27-8-2-5-20(27)22-26-12-17(30-22)10-14-3-1-4-15(24)9-14/h1,3-4,6-7,9,11-12,20H,2,5,8,10,13H2/t20-/m0/s1. The molecule has 1 saturated heterocycles. The summed E-state index contributed by atoms with van der Waals surface area (Å²) in [5.41, 5.74) is 0.781. The molecule has 0 bridgehead atoms. The average molecular weight is 433 g/mol. The van der Waals surface area contributed by atoms with Gasteiger partial charge in [0.05, 0.1) is 11.2 Å². The summed E-state index contributed by atoms with van der Waals surface area (Å²) in [6, 6.07) is 9.96. The van der Waals surface area contributed by atoms with Gasteiger partial charge in [0.25, 0.3) is 5.91 Å². The molecule has 0 unspecified atom stereocenters. The first kappa shape index (κ1) is 20.3. The fourth-order valence-corrected chi connectivity index (χ4v) is 3.69. The highest BCUT2D eigenvalue weighted by molar-refractivity contribution is 6.30. The second-order valence-electron chi connectivity index (χ2n) is 7.08. The second kappa shape index (κ2) is 8.83. The molecule has 8 heteroatoms. The van der Waals surface area contributed by atoms with Gasteiger partial charge in [-0.1, -0.05) is 23.7 Å². The van der Waals surface area contributed by atoms with Crippen LogP contribution in [0.25, 0.3) is 0 Å². The summed E-state index contributed by atoms with van der Waals surface area (Å²) in [7, 11) is 0. The smallest absolute Gasteiger partial charge is 0.261 e. The van der Waals surface area contributed by atoms with Crippen LogP contribution in [0.4, 0.5) is 8.78 Å². The summed E-state index contributed by atoms with van der Waals surface area (Å²) in [5.74, 6) is 0.307. The molecule has 1 aliphatic rings. The molecule has 30 heavy (non-hydrogen) atoms. The van der Waals surface area contributed by atoms with Gasteiger partial charge in [-0.25, -0.2) is 13.8 Å². The Morgan fingerprint density at radius 1 is 1.27 bits per heavy atom. The van der Waals surface area contributed by atoms with Crippen LogP contribution in [-0.4, -0.2) is 28.9 Å². The maximum Gasteiger partial charge on any atom is 0.261 e. The SMILES string of the molecule is O=C(COc1ccc(F)c(Cl)c1)N1CCC[C@H]1c1ncc(Cc2cccc(F)c2)o1. The molecule has 2 aromatic carbocycles. The van der Waals surface area contributed by atoms with Crippen LogP contribution < -0.4 is 4.74 Å². The van der Waals surface area contributed by atoms with Crippen LogP contribution in [0.15, 0.2) is 53.1 Å². The number of carbonyl (C=O) groups is 1. The number of halogens is 3. The number of oxazole rings is 1. The van der Waals surface area contributed by atoms with Gasteiger partial charge in [-0.05, 0) is 42.7 Å². The second-order valence-corrected chi connectivity index (χ2v) is 7.49. The molecule has 1 aliphatic heterocycles. The minimum Gasteiger partial charge on any atom is -0.484 e. The van der Waals surface area contributed by atoms with Crippen LogP contribution in [0.1, 0.15) is 36.1 Å². The molecule has 0 N–H and O–H groups in total. The molecule has 0 radical (unpaired) electrons. The van der Waals surface area contributed by atoms with E-state index in [1.54, 1.807) is 17.2 Å². The third-order valence-corrected chi connectivity index (χ3v) is 5.24. The fraction of sp³-hybridized carbons (Fsp3) is 0.273. The lowest BCUT2D eigenvalue weighted by molar-refractivity contribution is -0.134. The van der Waals surface area contributed by atoms with Gasteiger partial charge in [0.2, 0.25) is 5.89 Å². The normalized spacial score (nSPS) is 16.1. The number of carbonyl (C=O) groups excluding carboxylic acids is 1. The van der Waals surface area contributed by atoms with Crippen molar-refractivity contribution in [1.29, 1.82) is 0 Å². The first-order valence-corrected chi connectivity index (χ1v) is 9.94. The molecule has 0 spiro atoms. The van der Waals surface area contributed by atoms with Crippen LogP contribution >= 0.6 is 11.6 Å².